The molecule has 0 aliphatic heterocycles. The van der Waals surface area contributed by atoms with Crippen LogP contribution in [0, 0.1) is 0 Å². The van der Waals surface area contributed by atoms with Gasteiger partial charge in [-0.2, -0.15) is 5.10 Å². The highest BCUT2D eigenvalue weighted by Gasteiger charge is 2.16. The number of aryl methyl sites for hydroxylation is 2. The molecule has 4 nitrogen and oxygen atoms in total. The fourth-order valence-electron chi connectivity index (χ4n) is 2.27. The van der Waals surface area contributed by atoms with Gasteiger partial charge < -0.3 is 10.1 Å². The lowest BCUT2D eigenvalue weighted by Gasteiger charge is -2.17. The molecule has 0 saturated carbocycles. The van der Waals surface area contributed by atoms with Gasteiger partial charge in [0.15, 0.2) is 0 Å². The van der Waals surface area contributed by atoms with Crippen LogP contribution in [0.5, 0.6) is 5.75 Å². The number of nitrogens with one attached hydrogen (secondary N) is 1. The van der Waals surface area contributed by atoms with Crippen molar-refractivity contribution in [1.29, 1.82) is 0 Å². The first-order chi connectivity index (χ1) is 9.19. The summed E-state index contributed by atoms with van der Waals surface area (Å²) in [5.41, 5.74) is 3.49. The molecule has 102 valence electrons. The van der Waals surface area contributed by atoms with Crippen LogP contribution in [0.4, 0.5) is 0 Å². The average Bonchev–Trinajstić information content (AvgIpc) is 2.82. The van der Waals surface area contributed by atoms with E-state index in [1.54, 1.807) is 7.11 Å². The fraction of sp³-hybridized carbons (Fsp3) is 0.400. The van der Waals surface area contributed by atoms with Gasteiger partial charge in [0.2, 0.25) is 0 Å². The lowest BCUT2D eigenvalue weighted by Crippen LogP contribution is -2.20. The Hall–Kier alpha value is -1.81. The Bertz CT molecular complexity index is 531. The van der Waals surface area contributed by atoms with E-state index in [0.717, 1.165) is 17.9 Å². The van der Waals surface area contributed by atoms with Gasteiger partial charge in [0.1, 0.15) is 5.75 Å². The van der Waals surface area contributed by atoms with Crippen LogP contribution in [0.25, 0.3) is 0 Å². The van der Waals surface area contributed by atoms with Gasteiger partial charge in [0, 0.05) is 7.05 Å². The van der Waals surface area contributed by atoms with Gasteiger partial charge in [0.05, 0.1) is 24.5 Å². The summed E-state index contributed by atoms with van der Waals surface area (Å²) in [6, 6.07) is 10.4. The molecule has 1 atom stereocenters. The smallest absolute Gasteiger partial charge is 0.118 e. The second kappa shape index (κ2) is 5.89. The van der Waals surface area contributed by atoms with E-state index < -0.39 is 0 Å². The standard InChI is InChI=1S/C15H21N3O/c1-5-12-10-14(18(3)17-12)15(16-2)11-6-8-13(19-4)9-7-11/h6-10,15-16H,5H2,1-4H3. The van der Waals surface area contributed by atoms with Crippen LogP contribution in [0.15, 0.2) is 30.3 Å². The number of hydrogen-bond donors (Lipinski definition) is 1. The van der Waals surface area contributed by atoms with Crippen molar-refractivity contribution in [1.82, 2.24) is 15.1 Å². The van der Waals surface area contributed by atoms with E-state index in [1.807, 2.05) is 30.9 Å². The normalized spacial score (nSPS) is 12.4. The highest BCUT2D eigenvalue weighted by Crippen LogP contribution is 2.24. The van der Waals surface area contributed by atoms with E-state index in [9.17, 15) is 0 Å². The predicted molar refractivity (Wildman–Crippen MR) is 76.5 cm³/mol. The van der Waals surface area contributed by atoms with Crippen molar-refractivity contribution in [3.8, 4) is 5.75 Å². The van der Waals surface area contributed by atoms with Crippen LogP contribution >= 0.6 is 0 Å². The summed E-state index contributed by atoms with van der Waals surface area (Å²) < 4.78 is 7.14. The third kappa shape index (κ3) is 2.79. The van der Waals surface area contributed by atoms with Gasteiger partial charge in [-0.05, 0) is 37.2 Å². The SMILES string of the molecule is CCc1cc(C(NC)c2ccc(OC)cc2)n(C)n1. The van der Waals surface area contributed by atoms with Crippen molar-refractivity contribution >= 4 is 0 Å². The van der Waals surface area contributed by atoms with Gasteiger partial charge in [0.25, 0.3) is 0 Å². The zero-order valence-corrected chi connectivity index (χ0v) is 12.0. The number of hydrogen-bond acceptors (Lipinski definition) is 3. The Balaban J connectivity index is 2.34. The highest BCUT2D eigenvalue weighted by atomic mass is 16.5. The number of ether oxygens (including phenoxy) is 1. The summed E-state index contributed by atoms with van der Waals surface area (Å²) >= 11 is 0. The average molecular weight is 259 g/mol. The largest absolute Gasteiger partial charge is 0.497 e. The van der Waals surface area contributed by atoms with Gasteiger partial charge >= 0.3 is 0 Å². The first-order valence-corrected chi connectivity index (χ1v) is 6.53. The number of nitrogens with zero attached hydrogens (tertiary/aromatic N) is 2. The first-order valence-electron chi connectivity index (χ1n) is 6.53. The Kier molecular flexibility index (Phi) is 4.22. The minimum atomic E-state index is 0.142. The summed E-state index contributed by atoms with van der Waals surface area (Å²) in [6.45, 7) is 2.12. The topological polar surface area (TPSA) is 39.1 Å². The van der Waals surface area contributed by atoms with Crippen LogP contribution in [0.1, 0.15) is 29.9 Å². The van der Waals surface area contributed by atoms with Crippen LogP contribution < -0.4 is 10.1 Å². The molecule has 0 saturated heterocycles. The third-order valence-corrected chi connectivity index (χ3v) is 3.36. The van der Waals surface area contributed by atoms with Crippen LogP contribution in [0.3, 0.4) is 0 Å². The lowest BCUT2D eigenvalue weighted by atomic mass is 10.0. The monoisotopic (exact) mass is 259 g/mol. The van der Waals surface area contributed by atoms with E-state index in [1.165, 1.54) is 11.3 Å². The molecule has 1 unspecified atom stereocenters. The van der Waals surface area contributed by atoms with Gasteiger partial charge in [-0.3, -0.25) is 4.68 Å². The summed E-state index contributed by atoms with van der Waals surface area (Å²) in [6.07, 6.45) is 0.951. The molecule has 0 bridgehead atoms. The minimum Gasteiger partial charge on any atom is -0.497 e. The van der Waals surface area contributed by atoms with Crippen molar-refractivity contribution in [2.75, 3.05) is 14.2 Å². The molecule has 1 aromatic heterocycles. The van der Waals surface area contributed by atoms with Gasteiger partial charge in [-0.15, -0.1) is 0 Å². The lowest BCUT2D eigenvalue weighted by molar-refractivity contribution is 0.414. The fourth-order valence-corrected chi connectivity index (χ4v) is 2.27. The zero-order valence-electron chi connectivity index (χ0n) is 12.0. The van der Waals surface area contributed by atoms with Crippen LogP contribution in [-0.4, -0.2) is 23.9 Å². The molecule has 2 rings (SSSR count). The molecule has 1 aromatic carbocycles. The maximum Gasteiger partial charge on any atom is 0.118 e. The molecule has 0 spiro atoms. The molecule has 1 heterocycles. The van der Waals surface area contributed by atoms with E-state index >= 15 is 0 Å². The summed E-state index contributed by atoms with van der Waals surface area (Å²) in [4.78, 5) is 0. The van der Waals surface area contributed by atoms with Crippen molar-refractivity contribution in [3.63, 3.8) is 0 Å². The molecule has 4 heteroatoms. The Labute approximate surface area is 114 Å². The molecule has 1 N–H and O–H groups in total. The molecule has 0 amide bonds. The Morgan fingerprint density at radius 3 is 2.47 bits per heavy atom. The zero-order chi connectivity index (χ0) is 13.8. The number of rotatable bonds is 5. The van der Waals surface area contributed by atoms with Crippen molar-refractivity contribution in [2.24, 2.45) is 7.05 Å². The van der Waals surface area contributed by atoms with E-state index in [0.29, 0.717) is 0 Å². The van der Waals surface area contributed by atoms with Crippen molar-refractivity contribution in [3.05, 3.63) is 47.3 Å². The minimum absolute atomic E-state index is 0.142. The quantitative estimate of drug-likeness (QED) is 0.895. The van der Waals surface area contributed by atoms with E-state index in [-0.39, 0.29) is 6.04 Å². The summed E-state index contributed by atoms with van der Waals surface area (Å²) in [5.74, 6) is 0.873. The number of aromatic nitrogens is 2. The molecular formula is C15H21N3O. The van der Waals surface area contributed by atoms with E-state index in [4.69, 9.17) is 4.74 Å². The molecule has 0 radical (unpaired) electrons. The maximum atomic E-state index is 5.20. The van der Waals surface area contributed by atoms with E-state index in [2.05, 4.69) is 35.5 Å². The highest BCUT2D eigenvalue weighted by molar-refractivity contribution is 5.33. The van der Waals surface area contributed by atoms with Gasteiger partial charge in [-0.1, -0.05) is 19.1 Å². The van der Waals surface area contributed by atoms with Crippen molar-refractivity contribution < 1.29 is 4.74 Å². The molecule has 19 heavy (non-hydrogen) atoms. The third-order valence-electron chi connectivity index (χ3n) is 3.36. The maximum absolute atomic E-state index is 5.20. The molecule has 2 aromatic rings. The second-order valence-corrected chi connectivity index (χ2v) is 4.53. The number of benzene rings is 1. The van der Waals surface area contributed by atoms with Gasteiger partial charge in [-0.25, -0.2) is 0 Å². The first kappa shape index (κ1) is 13.6. The second-order valence-electron chi connectivity index (χ2n) is 4.53. The molecule has 0 aliphatic rings. The summed E-state index contributed by atoms with van der Waals surface area (Å²) in [7, 11) is 5.63. The Morgan fingerprint density at radius 2 is 2.00 bits per heavy atom. The molecule has 0 fully saturated rings. The molecular weight excluding hydrogens is 238 g/mol. The Morgan fingerprint density at radius 1 is 1.32 bits per heavy atom. The van der Waals surface area contributed by atoms with Crippen molar-refractivity contribution in [2.45, 2.75) is 19.4 Å². The summed E-state index contributed by atoms with van der Waals surface area (Å²) in [5, 5.41) is 7.86. The number of methoxy groups -OCH3 is 1. The molecule has 0 aliphatic carbocycles. The van der Waals surface area contributed by atoms with Crippen LogP contribution in [-0.2, 0) is 13.5 Å². The van der Waals surface area contributed by atoms with Crippen LogP contribution in [0.2, 0.25) is 0 Å². The predicted octanol–water partition coefficient (Wildman–Crippen LogP) is 2.30.